The quantitative estimate of drug-likeness (QED) is 0.746. The Hall–Kier alpha value is -0.0917. The van der Waals surface area contributed by atoms with Crippen molar-refractivity contribution in [3.8, 4) is 0 Å². The first kappa shape index (κ1) is 11.9. The van der Waals surface area contributed by atoms with Crippen LogP contribution >= 0.6 is 0 Å². The zero-order chi connectivity index (χ0) is 8.10. The minimum absolute atomic E-state index is 0. The molecule has 0 saturated heterocycles. The van der Waals surface area contributed by atoms with Crippen molar-refractivity contribution in [3.63, 3.8) is 0 Å². The second-order valence-corrected chi connectivity index (χ2v) is 2.97. The molecule has 0 amide bonds. The van der Waals surface area contributed by atoms with Gasteiger partial charge in [-0.05, 0) is 0 Å². The fourth-order valence-corrected chi connectivity index (χ4v) is 1.07. The Kier molecular flexibility index (Phi) is 6.38. The first-order valence-electron chi connectivity index (χ1n) is 4.18. The van der Waals surface area contributed by atoms with Crippen LogP contribution in [0.4, 0.5) is 0 Å². The minimum Gasteiger partial charge on any atom is -0.313 e. The maximum Gasteiger partial charge on any atom is 0 e. The van der Waals surface area contributed by atoms with Gasteiger partial charge < -0.3 is 5.92 Å². The van der Waals surface area contributed by atoms with Gasteiger partial charge in [0, 0.05) is 21.1 Å². The fraction of sp³-hybridized carbons (Fsp3) is 0.364. The molecule has 66 valence electrons. The second kappa shape index (κ2) is 6.43. The first-order valence-corrected chi connectivity index (χ1v) is 4.18. The van der Waals surface area contributed by atoms with Crippen LogP contribution in [-0.4, -0.2) is 0 Å². The molecule has 0 aromatic heterocycles. The van der Waals surface area contributed by atoms with E-state index in [0.29, 0.717) is 0 Å². The van der Waals surface area contributed by atoms with Gasteiger partial charge in [-0.15, -0.1) is 0 Å². The Morgan fingerprint density at radius 2 is 1.75 bits per heavy atom. The van der Waals surface area contributed by atoms with Gasteiger partial charge in [0.05, 0.1) is 0 Å². The van der Waals surface area contributed by atoms with E-state index < -0.39 is 0 Å². The van der Waals surface area contributed by atoms with Crippen LogP contribution in [0.15, 0.2) is 30.3 Å². The predicted octanol–water partition coefficient (Wildman–Crippen LogP) is 3.23. The third-order valence-corrected chi connectivity index (χ3v) is 1.95. The van der Waals surface area contributed by atoms with Crippen molar-refractivity contribution in [2.75, 3.05) is 0 Å². The molecular weight excluding hydrogens is 316 g/mol. The van der Waals surface area contributed by atoms with Crippen LogP contribution in [0, 0.1) is 5.92 Å². The number of hydrogen-bond acceptors (Lipinski definition) is 0. The van der Waals surface area contributed by atoms with Crippen molar-refractivity contribution in [2.24, 2.45) is 0 Å². The molecule has 0 spiro atoms. The van der Waals surface area contributed by atoms with Crippen molar-refractivity contribution in [1.82, 2.24) is 0 Å². The molecule has 1 heteroatoms. The summed E-state index contributed by atoms with van der Waals surface area (Å²) in [6.07, 6.45) is 2.33. The molecule has 0 aliphatic rings. The maximum atomic E-state index is 2.22. The molecule has 0 aliphatic heterocycles. The molecule has 0 bridgehead atoms. The second-order valence-electron chi connectivity index (χ2n) is 2.97. The standard InChI is InChI=1S/C11H15.W/c1-3-10(2)9-11-7-5-4-6-8-11;/h4-8H,3,9H2,1-2H3;/q-1;. The molecule has 0 aliphatic carbocycles. The molecule has 0 N–H and O–H groups in total. The predicted molar refractivity (Wildman–Crippen MR) is 49.4 cm³/mol. The van der Waals surface area contributed by atoms with E-state index in [1.165, 1.54) is 12.0 Å². The Balaban J connectivity index is 0.00000121. The van der Waals surface area contributed by atoms with E-state index in [2.05, 4.69) is 44.2 Å². The van der Waals surface area contributed by atoms with Gasteiger partial charge in [-0.2, -0.15) is 19.8 Å². The van der Waals surface area contributed by atoms with Gasteiger partial charge in [0.15, 0.2) is 0 Å². The number of rotatable bonds is 3. The molecule has 0 unspecified atom stereocenters. The maximum absolute atomic E-state index is 2.22. The molecular formula is C11H15W-. The molecule has 12 heavy (non-hydrogen) atoms. The average Bonchev–Trinajstić information content (AvgIpc) is 2.06. The van der Waals surface area contributed by atoms with E-state index >= 15 is 0 Å². The van der Waals surface area contributed by atoms with Gasteiger partial charge in [-0.1, -0.05) is 42.8 Å². The van der Waals surface area contributed by atoms with E-state index in [-0.39, 0.29) is 21.1 Å². The zero-order valence-electron chi connectivity index (χ0n) is 7.71. The van der Waals surface area contributed by atoms with Crippen LogP contribution in [0.25, 0.3) is 0 Å². The largest absolute Gasteiger partial charge is 0.313 e. The fourth-order valence-electron chi connectivity index (χ4n) is 1.07. The van der Waals surface area contributed by atoms with E-state index in [0.717, 1.165) is 6.42 Å². The van der Waals surface area contributed by atoms with Gasteiger partial charge in [-0.3, -0.25) is 0 Å². The normalized spacial score (nSPS) is 9.58. The van der Waals surface area contributed by atoms with Crippen molar-refractivity contribution in [3.05, 3.63) is 41.8 Å². The van der Waals surface area contributed by atoms with Crippen LogP contribution in [-0.2, 0) is 27.5 Å². The smallest absolute Gasteiger partial charge is 0 e. The molecule has 0 fully saturated rings. The molecule has 0 nitrogen and oxygen atoms in total. The van der Waals surface area contributed by atoms with Crippen LogP contribution in [0.3, 0.4) is 0 Å². The van der Waals surface area contributed by atoms with Crippen molar-refractivity contribution >= 4 is 0 Å². The van der Waals surface area contributed by atoms with Crippen molar-refractivity contribution in [1.29, 1.82) is 0 Å². The molecule has 1 aromatic carbocycles. The Morgan fingerprint density at radius 3 is 2.25 bits per heavy atom. The van der Waals surface area contributed by atoms with Gasteiger partial charge >= 0.3 is 0 Å². The van der Waals surface area contributed by atoms with E-state index in [9.17, 15) is 0 Å². The molecule has 0 atom stereocenters. The summed E-state index contributed by atoms with van der Waals surface area (Å²) in [6.45, 7) is 4.42. The molecule has 0 radical (unpaired) electrons. The number of benzene rings is 1. The SMILES string of the molecule is CC[C-](C)Cc1ccccc1.[W]. The molecule has 1 rings (SSSR count). The van der Waals surface area contributed by atoms with Gasteiger partial charge in [0.2, 0.25) is 0 Å². The van der Waals surface area contributed by atoms with Crippen LogP contribution in [0.2, 0.25) is 0 Å². The third kappa shape index (κ3) is 4.06. The Labute approximate surface area is 89.6 Å². The topological polar surface area (TPSA) is 0 Å². The zero-order valence-corrected chi connectivity index (χ0v) is 10.6. The number of hydrogen-bond donors (Lipinski definition) is 0. The van der Waals surface area contributed by atoms with Crippen molar-refractivity contribution in [2.45, 2.75) is 26.7 Å². The van der Waals surface area contributed by atoms with E-state index in [4.69, 9.17) is 0 Å². The summed E-state index contributed by atoms with van der Waals surface area (Å²) in [5.41, 5.74) is 1.42. The first-order chi connectivity index (χ1) is 5.33. The van der Waals surface area contributed by atoms with E-state index in [1.807, 2.05) is 0 Å². The molecule has 1 aromatic rings. The van der Waals surface area contributed by atoms with Gasteiger partial charge in [-0.25, -0.2) is 0 Å². The van der Waals surface area contributed by atoms with E-state index in [1.54, 1.807) is 5.92 Å². The molecule has 0 saturated carbocycles. The van der Waals surface area contributed by atoms with Crippen LogP contribution in [0.5, 0.6) is 0 Å². The summed E-state index contributed by atoms with van der Waals surface area (Å²) < 4.78 is 0. The summed E-state index contributed by atoms with van der Waals surface area (Å²) in [5, 5.41) is 0. The summed E-state index contributed by atoms with van der Waals surface area (Å²) in [5.74, 6) is 1.55. The van der Waals surface area contributed by atoms with Gasteiger partial charge in [0.25, 0.3) is 0 Å². The van der Waals surface area contributed by atoms with Crippen LogP contribution < -0.4 is 0 Å². The van der Waals surface area contributed by atoms with Gasteiger partial charge in [0.1, 0.15) is 0 Å². The average molecular weight is 331 g/mol. The van der Waals surface area contributed by atoms with Crippen LogP contribution in [0.1, 0.15) is 25.8 Å². The summed E-state index contributed by atoms with van der Waals surface area (Å²) in [6, 6.07) is 10.6. The monoisotopic (exact) mass is 331 g/mol. The Bertz CT molecular complexity index is 193. The Morgan fingerprint density at radius 1 is 1.17 bits per heavy atom. The summed E-state index contributed by atoms with van der Waals surface area (Å²) >= 11 is 0. The third-order valence-electron chi connectivity index (χ3n) is 1.95. The summed E-state index contributed by atoms with van der Waals surface area (Å²) in [7, 11) is 0. The summed E-state index contributed by atoms with van der Waals surface area (Å²) in [4.78, 5) is 0. The molecule has 0 heterocycles. The minimum atomic E-state index is 0. The van der Waals surface area contributed by atoms with Crippen molar-refractivity contribution < 1.29 is 21.1 Å².